The molecule has 2 aromatic rings. The molecule has 2 atom stereocenters. The molecule has 1 aromatic heterocycles. The molecule has 0 amide bonds. The van der Waals surface area contributed by atoms with E-state index >= 15 is 0 Å². The van der Waals surface area contributed by atoms with Gasteiger partial charge in [-0.2, -0.15) is 5.21 Å². The Balaban J connectivity index is 1.75. The van der Waals surface area contributed by atoms with Crippen LogP contribution in [0, 0.1) is 5.92 Å². The number of hydrogen-bond acceptors (Lipinski definition) is 10. The highest BCUT2D eigenvalue weighted by Crippen LogP contribution is 2.39. The highest BCUT2D eigenvalue weighted by molar-refractivity contribution is 7.91. The van der Waals surface area contributed by atoms with Crippen LogP contribution >= 0.6 is 0 Å². The summed E-state index contributed by atoms with van der Waals surface area (Å²) in [5.74, 6) is 0.377. The summed E-state index contributed by atoms with van der Waals surface area (Å²) < 4.78 is 38.6. The van der Waals surface area contributed by atoms with E-state index in [1.807, 2.05) is 4.90 Å². The van der Waals surface area contributed by atoms with Crippen LogP contribution in [-0.4, -0.2) is 83.1 Å². The van der Waals surface area contributed by atoms with Gasteiger partial charge in [0.15, 0.2) is 0 Å². The van der Waals surface area contributed by atoms with Gasteiger partial charge in [-0.3, -0.25) is 4.21 Å². The fourth-order valence-corrected chi connectivity index (χ4v) is 6.75. The van der Waals surface area contributed by atoms with Crippen molar-refractivity contribution in [1.82, 2.24) is 31.3 Å². The van der Waals surface area contributed by atoms with Gasteiger partial charge in [0, 0.05) is 38.0 Å². The smallest absolute Gasteiger partial charge is 0.240 e. The second-order valence-electron chi connectivity index (χ2n) is 8.06. The summed E-state index contributed by atoms with van der Waals surface area (Å²) in [5.41, 5.74) is 0.776. The molecule has 176 valence electrons. The quantitative estimate of drug-likeness (QED) is 0.303. The summed E-state index contributed by atoms with van der Waals surface area (Å²) in [6.07, 6.45) is 2.44. The van der Waals surface area contributed by atoms with Gasteiger partial charge in [-0.1, -0.05) is 0 Å². The van der Waals surface area contributed by atoms with Crippen LogP contribution in [0.4, 0.5) is 5.69 Å². The van der Waals surface area contributed by atoms with Crippen molar-refractivity contribution < 1.29 is 17.7 Å². The average molecular weight is 485 g/mol. The number of H-pyrrole nitrogens is 1. The highest BCUT2D eigenvalue weighted by Gasteiger charge is 2.31. The van der Waals surface area contributed by atoms with Crippen LogP contribution in [-0.2, 0) is 20.8 Å². The van der Waals surface area contributed by atoms with Crippen molar-refractivity contribution in [3.63, 3.8) is 0 Å². The Morgan fingerprint density at radius 3 is 2.66 bits per heavy atom. The van der Waals surface area contributed by atoms with Crippen molar-refractivity contribution in [2.75, 3.05) is 43.6 Å². The maximum Gasteiger partial charge on any atom is 0.240 e. The lowest BCUT2D eigenvalue weighted by Gasteiger charge is -2.34. The van der Waals surface area contributed by atoms with Crippen LogP contribution in [0.25, 0.3) is 11.4 Å². The van der Waals surface area contributed by atoms with Crippen molar-refractivity contribution in [3.8, 4) is 11.4 Å². The van der Waals surface area contributed by atoms with E-state index in [1.54, 1.807) is 12.1 Å². The maximum atomic E-state index is 13.2. The summed E-state index contributed by atoms with van der Waals surface area (Å²) in [5, 5.41) is 35.4. The van der Waals surface area contributed by atoms with Gasteiger partial charge in [0.1, 0.15) is 4.90 Å². The van der Waals surface area contributed by atoms with Gasteiger partial charge in [-0.05, 0) is 49.1 Å². The molecule has 6 N–H and O–H groups in total. The molecule has 2 aliphatic rings. The van der Waals surface area contributed by atoms with E-state index in [-0.39, 0.29) is 45.6 Å². The molecule has 0 spiro atoms. The summed E-state index contributed by atoms with van der Waals surface area (Å²) in [7, 11) is -5.94. The fraction of sp³-hybridized carbons (Fsp3) is 0.611. The average Bonchev–Trinajstić information content (AvgIpc) is 3.50. The number of aliphatic hydroxyl groups is 1. The SMILES string of the molecule is NS(=O)(=O)c1c(S(=O)CN[C@@H]2CCNC2)ccc(N2CCC(CO)CC2)c1-c1nn[nH]n1. The standard InChI is InChI=1S/C18H28N8O4S2/c19-32(29,30)17-15(31(28)11-21-13-3-6-20-9-13)2-1-14(16(17)18-22-24-25-23-18)26-7-4-12(10-27)5-8-26/h1-2,12-13,20-21,27H,3-11H2,(H2,19,29,30)(H,22,23,24,25)/t13-,31?/m1/s1. The summed E-state index contributed by atoms with van der Waals surface area (Å²) >= 11 is 0. The number of nitrogens with two attached hydrogens (primary N) is 1. The Morgan fingerprint density at radius 2 is 2.06 bits per heavy atom. The zero-order valence-electron chi connectivity index (χ0n) is 17.5. The van der Waals surface area contributed by atoms with Gasteiger partial charge < -0.3 is 20.6 Å². The molecule has 1 aromatic carbocycles. The Hall–Kier alpha value is -1.97. The van der Waals surface area contributed by atoms with Crippen LogP contribution in [0.5, 0.6) is 0 Å². The number of sulfonamides is 1. The molecule has 32 heavy (non-hydrogen) atoms. The summed E-state index contributed by atoms with van der Waals surface area (Å²) in [6.45, 7) is 3.03. The molecule has 0 bridgehead atoms. The van der Waals surface area contributed by atoms with Gasteiger partial charge in [-0.15, -0.1) is 10.2 Å². The molecule has 0 saturated carbocycles. The van der Waals surface area contributed by atoms with Crippen molar-refractivity contribution in [2.24, 2.45) is 11.1 Å². The number of primary sulfonamides is 1. The van der Waals surface area contributed by atoms with E-state index in [2.05, 4.69) is 31.3 Å². The number of nitrogens with zero attached hydrogens (tertiary/aromatic N) is 4. The van der Waals surface area contributed by atoms with Gasteiger partial charge >= 0.3 is 0 Å². The Labute approximate surface area is 188 Å². The van der Waals surface area contributed by atoms with Gasteiger partial charge in [-0.25, -0.2) is 13.6 Å². The third-order valence-electron chi connectivity index (χ3n) is 5.98. The van der Waals surface area contributed by atoms with Crippen molar-refractivity contribution in [1.29, 1.82) is 0 Å². The summed E-state index contributed by atoms with van der Waals surface area (Å²) in [6, 6.07) is 3.48. The molecule has 1 unspecified atom stereocenters. The Morgan fingerprint density at radius 1 is 1.28 bits per heavy atom. The molecule has 3 heterocycles. The second-order valence-corrected chi connectivity index (χ2v) is 11.0. The molecular weight excluding hydrogens is 456 g/mol. The lowest BCUT2D eigenvalue weighted by molar-refractivity contribution is 0.203. The minimum absolute atomic E-state index is 0.0695. The molecule has 4 rings (SSSR count). The van der Waals surface area contributed by atoms with Crippen molar-refractivity contribution in [2.45, 2.75) is 35.1 Å². The number of aromatic nitrogens is 4. The van der Waals surface area contributed by atoms with Crippen molar-refractivity contribution in [3.05, 3.63) is 12.1 Å². The zero-order valence-corrected chi connectivity index (χ0v) is 19.2. The number of aromatic amines is 1. The first-order valence-electron chi connectivity index (χ1n) is 10.5. The molecule has 2 aliphatic heterocycles. The van der Waals surface area contributed by atoms with Gasteiger partial charge in [0.25, 0.3) is 0 Å². The fourth-order valence-electron chi connectivity index (χ4n) is 4.22. The number of benzene rings is 1. The number of anilines is 1. The number of rotatable bonds is 8. The molecule has 12 nitrogen and oxygen atoms in total. The molecule has 0 aliphatic carbocycles. The van der Waals surface area contributed by atoms with E-state index in [0.29, 0.717) is 18.8 Å². The highest BCUT2D eigenvalue weighted by atomic mass is 32.2. The predicted molar refractivity (Wildman–Crippen MR) is 119 cm³/mol. The first kappa shape index (κ1) is 23.2. The third kappa shape index (κ3) is 5.00. The van der Waals surface area contributed by atoms with Gasteiger partial charge in [0.2, 0.25) is 15.8 Å². The topological polar surface area (TPSA) is 179 Å². The predicted octanol–water partition coefficient (Wildman–Crippen LogP) is -1.26. The van der Waals surface area contributed by atoms with E-state index in [1.165, 1.54) is 0 Å². The van der Waals surface area contributed by atoms with Crippen LogP contribution in [0.2, 0.25) is 0 Å². The number of piperidine rings is 1. The normalized spacial score (nSPS) is 21.2. The molecular formula is C18H28N8O4S2. The van der Waals surface area contributed by atoms with E-state index in [9.17, 15) is 17.7 Å². The van der Waals surface area contributed by atoms with E-state index in [0.717, 1.165) is 32.4 Å². The largest absolute Gasteiger partial charge is 0.396 e. The zero-order chi connectivity index (χ0) is 22.7. The first-order chi connectivity index (χ1) is 15.4. The van der Waals surface area contributed by atoms with Crippen LogP contribution in [0.15, 0.2) is 21.9 Å². The lowest BCUT2D eigenvalue weighted by Crippen LogP contribution is -2.36. The summed E-state index contributed by atoms with van der Waals surface area (Å²) in [4.78, 5) is 1.88. The minimum atomic E-state index is -4.27. The molecule has 14 heteroatoms. The van der Waals surface area contributed by atoms with Crippen LogP contribution in [0.1, 0.15) is 19.3 Å². The molecule has 0 radical (unpaired) electrons. The maximum absolute atomic E-state index is 13.2. The monoisotopic (exact) mass is 484 g/mol. The molecule has 2 fully saturated rings. The van der Waals surface area contributed by atoms with E-state index in [4.69, 9.17) is 5.14 Å². The van der Waals surface area contributed by atoms with E-state index < -0.39 is 20.8 Å². The lowest BCUT2D eigenvalue weighted by atomic mass is 9.97. The van der Waals surface area contributed by atoms with Crippen molar-refractivity contribution >= 4 is 26.5 Å². The third-order valence-corrected chi connectivity index (χ3v) is 8.36. The second kappa shape index (κ2) is 9.89. The van der Waals surface area contributed by atoms with Crippen LogP contribution < -0.4 is 20.7 Å². The first-order valence-corrected chi connectivity index (χ1v) is 13.4. The number of hydrogen-bond donors (Lipinski definition) is 5. The van der Waals surface area contributed by atoms with Gasteiger partial charge in [0.05, 0.1) is 27.1 Å². The molecule has 2 saturated heterocycles. The minimum Gasteiger partial charge on any atom is -0.396 e. The Bertz CT molecular complexity index is 1050. The Kier molecular flexibility index (Phi) is 7.17. The number of tetrazole rings is 1. The number of nitrogens with one attached hydrogen (secondary N) is 3. The van der Waals surface area contributed by atoms with Crippen LogP contribution in [0.3, 0.4) is 0 Å². The number of aliphatic hydroxyl groups excluding tert-OH is 1.